The third kappa shape index (κ3) is 4.63. The van der Waals surface area contributed by atoms with Crippen LogP contribution in [0.3, 0.4) is 0 Å². The summed E-state index contributed by atoms with van der Waals surface area (Å²) in [5, 5.41) is 11.5. The number of carbonyl (C=O) groups excluding carboxylic acids is 1. The molecule has 0 amide bonds. The first kappa shape index (κ1) is 20.0. The molecule has 2 aromatic rings. The number of rotatable bonds is 7. The molecule has 0 spiro atoms. The van der Waals surface area contributed by atoms with Crippen LogP contribution in [0.2, 0.25) is 0 Å². The number of hydrogen-bond donors (Lipinski definition) is 0. The minimum Gasteiger partial charge on any atom is -0.545 e. The lowest BCUT2D eigenvalue weighted by Gasteiger charge is -2.20. The molecule has 0 N–H and O–H groups in total. The fourth-order valence-corrected chi connectivity index (χ4v) is 4.92. The van der Waals surface area contributed by atoms with E-state index < -0.39 is 16.0 Å². The van der Waals surface area contributed by atoms with Crippen LogP contribution < -0.4 is 5.11 Å². The number of hydrogen-bond acceptors (Lipinski definition) is 5. The first-order chi connectivity index (χ1) is 11.8. The number of benzene rings is 2. The first-order valence-corrected chi connectivity index (χ1v) is 10.6. The standard InChI is InChI=1S/C17H18BrNO4S2/c1-3-19(4-2)25(22,23)14-9-10-16(15(11-14)17(20)21)24-13-7-5-12(18)6-8-13/h5-11H,3-4H2,1-2H3,(H,20,21)/p-1. The zero-order chi connectivity index (χ0) is 18.6. The zero-order valence-electron chi connectivity index (χ0n) is 13.7. The molecule has 25 heavy (non-hydrogen) atoms. The van der Waals surface area contributed by atoms with E-state index >= 15 is 0 Å². The van der Waals surface area contributed by atoms with Crippen LogP contribution in [-0.4, -0.2) is 31.8 Å². The van der Waals surface area contributed by atoms with E-state index in [9.17, 15) is 18.3 Å². The molecule has 0 aliphatic heterocycles. The Kier molecular flexibility index (Phi) is 6.67. The molecule has 0 unspecified atom stereocenters. The van der Waals surface area contributed by atoms with Crippen molar-refractivity contribution in [1.29, 1.82) is 0 Å². The van der Waals surface area contributed by atoms with E-state index in [1.165, 1.54) is 34.3 Å². The van der Waals surface area contributed by atoms with Crippen LogP contribution in [0.25, 0.3) is 0 Å². The Labute approximate surface area is 160 Å². The largest absolute Gasteiger partial charge is 0.545 e. The molecule has 0 radical (unpaired) electrons. The van der Waals surface area contributed by atoms with Gasteiger partial charge in [-0.05, 0) is 42.5 Å². The van der Waals surface area contributed by atoms with Crippen LogP contribution in [-0.2, 0) is 10.0 Å². The summed E-state index contributed by atoms with van der Waals surface area (Å²) in [6.45, 7) is 4.10. The molecule has 0 heterocycles. The molecule has 0 saturated carbocycles. The lowest BCUT2D eigenvalue weighted by molar-refractivity contribution is -0.255. The molecule has 134 valence electrons. The normalized spacial score (nSPS) is 11.7. The van der Waals surface area contributed by atoms with Crippen molar-refractivity contribution in [3.63, 3.8) is 0 Å². The molecular formula is C17H17BrNO4S2-. The Morgan fingerprint density at radius 2 is 1.72 bits per heavy atom. The Morgan fingerprint density at radius 1 is 1.12 bits per heavy atom. The third-order valence-corrected chi connectivity index (χ3v) is 7.21. The quantitative estimate of drug-likeness (QED) is 0.658. The van der Waals surface area contributed by atoms with Crippen molar-refractivity contribution >= 4 is 43.7 Å². The van der Waals surface area contributed by atoms with Gasteiger partial charge in [0.15, 0.2) is 0 Å². The van der Waals surface area contributed by atoms with Gasteiger partial charge in [-0.2, -0.15) is 4.31 Å². The zero-order valence-corrected chi connectivity index (χ0v) is 16.9. The number of carboxylic acid groups (broad SMARTS) is 1. The van der Waals surface area contributed by atoms with Gasteiger partial charge >= 0.3 is 0 Å². The Hall–Kier alpha value is -1.35. The van der Waals surface area contributed by atoms with Gasteiger partial charge in [0.2, 0.25) is 10.0 Å². The molecule has 5 nitrogen and oxygen atoms in total. The van der Waals surface area contributed by atoms with Gasteiger partial charge < -0.3 is 9.90 Å². The second kappa shape index (κ2) is 8.35. The predicted octanol–water partition coefficient (Wildman–Crippen LogP) is 2.99. The van der Waals surface area contributed by atoms with Crippen molar-refractivity contribution in [2.75, 3.05) is 13.1 Å². The molecular weight excluding hydrogens is 426 g/mol. The third-order valence-electron chi connectivity index (χ3n) is 3.56. The monoisotopic (exact) mass is 442 g/mol. The summed E-state index contributed by atoms with van der Waals surface area (Å²) in [5.41, 5.74) is -0.138. The lowest BCUT2D eigenvalue weighted by Crippen LogP contribution is -2.31. The van der Waals surface area contributed by atoms with Gasteiger partial charge in [-0.3, -0.25) is 0 Å². The fraction of sp³-hybridized carbons (Fsp3) is 0.235. The summed E-state index contributed by atoms with van der Waals surface area (Å²) in [4.78, 5) is 12.7. The van der Waals surface area contributed by atoms with Crippen LogP contribution in [0.15, 0.2) is 61.6 Å². The second-order valence-corrected chi connectivity index (χ2v) is 9.06. The fourth-order valence-electron chi connectivity index (χ4n) is 2.26. The number of halogens is 1. The van der Waals surface area contributed by atoms with Crippen LogP contribution >= 0.6 is 27.7 Å². The highest BCUT2D eigenvalue weighted by atomic mass is 79.9. The van der Waals surface area contributed by atoms with Crippen LogP contribution in [0.4, 0.5) is 0 Å². The Balaban J connectivity index is 2.44. The highest BCUT2D eigenvalue weighted by Crippen LogP contribution is 2.33. The molecule has 0 aliphatic rings. The predicted molar refractivity (Wildman–Crippen MR) is 99.1 cm³/mol. The van der Waals surface area contributed by atoms with Crippen LogP contribution in [0.5, 0.6) is 0 Å². The number of sulfonamides is 1. The minimum absolute atomic E-state index is 0.0458. The molecule has 0 fully saturated rings. The topological polar surface area (TPSA) is 77.5 Å². The second-order valence-electron chi connectivity index (χ2n) is 5.09. The average molecular weight is 443 g/mol. The number of aromatic carboxylic acids is 1. The van der Waals surface area contributed by atoms with E-state index in [4.69, 9.17) is 0 Å². The molecule has 0 aliphatic carbocycles. The highest BCUT2D eigenvalue weighted by Gasteiger charge is 2.23. The van der Waals surface area contributed by atoms with Crippen molar-refractivity contribution in [3.8, 4) is 0 Å². The Bertz CT molecular complexity index is 863. The van der Waals surface area contributed by atoms with Gasteiger partial charge in [-0.15, -0.1) is 0 Å². The lowest BCUT2D eigenvalue weighted by atomic mass is 10.2. The van der Waals surface area contributed by atoms with Crippen molar-refractivity contribution in [2.45, 2.75) is 28.5 Å². The molecule has 0 atom stereocenters. The van der Waals surface area contributed by atoms with E-state index in [1.54, 1.807) is 13.8 Å². The van der Waals surface area contributed by atoms with Gasteiger partial charge in [0.25, 0.3) is 0 Å². The SMILES string of the molecule is CCN(CC)S(=O)(=O)c1ccc(Sc2ccc(Br)cc2)c(C(=O)[O-])c1. The Morgan fingerprint density at radius 3 is 2.24 bits per heavy atom. The van der Waals surface area contributed by atoms with E-state index in [-0.39, 0.29) is 10.5 Å². The molecule has 0 saturated heterocycles. The highest BCUT2D eigenvalue weighted by molar-refractivity contribution is 9.10. The van der Waals surface area contributed by atoms with E-state index in [0.29, 0.717) is 18.0 Å². The molecule has 0 aromatic heterocycles. The summed E-state index contributed by atoms with van der Waals surface area (Å²) in [6, 6.07) is 11.5. The van der Waals surface area contributed by atoms with E-state index in [0.717, 1.165) is 9.37 Å². The van der Waals surface area contributed by atoms with Gasteiger partial charge in [0.05, 0.1) is 10.9 Å². The van der Waals surface area contributed by atoms with Gasteiger partial charge in [-0.1, -0.05) is 41.5 Å². The molecule has 0 bridgehead atoms. The maximum Gasteiger partial charge on any atom is 0.243 e. The van der Waals surface area contributed by atoms with Gasteiger partial charge in [0, 0.05) is 32.9 Å². The number of carboxylic acids is 1. The molecule has 2 rings (SSSR count). The maximum atomic E-state index is 12.6. The minimum atomic E-state index is -3.73. The summed E-state index contributed by atoms with van der Waals surface area (Å²) in [7, 11) is -3.73. The van der Waals surface area contributed by atoms with Crippen molar-refractivity contribution < 1.29 is 18.3 Å². The number of carbonyl (C=O) groups is 1. The summed E-state index contributed by atoms with van der Waals surface area (Å²) in [5.74, 6) is -1.41. The van der Waals surface area contributed by atoms with Gasteiger partial charge in [-0.25, -0.2) is 8.42 Å². The van der Waals surface area contributed by atoms with Crippen molar-refractivity contribution in [1.82, 2.24) is 4.31 Å². The summed E-state index contributed by atoms with van der Waals surface area (Å²) in [6.07, 6.45) is 0. The van der Waals surface area contributed by atoms with E-state index in [2.05, 4.69) is 15.9 Å². The number of nitrogens with zero attached hydrogens (tertiary/aromatic N) is 1. The van der Waals surface area contributed by atoms with E-state index in [1.807, 2.05) is 24.3 Å². The van der Waals surface area contributed by atoms with Crippen LogP contribution in [0.1, 0.15) is 24.2 Å². The van der Waals surface area contributed by atoms with Crippen molar-refractivity contribution in [3.05, 3.63) is 52.5 Å². The smallest absolute Gasteiger partial charge is 0.243 e. The summed E-state index contributed by atoms with van der Waals surface area (Å²) >= 11 is 4.58. The van der Waals surface area contributed by atoms with Crippen LogP contribution in [0, 0.1) is 0 Å². The van der Waals surface area contributed by atoms with Crippen molar-refractivity contribution in [2.24, 2.45) is 0 Å². The molecule has 2 aromatic carbocycles. The molecule has 8 heteroatoms. The average Bonchev–Trinajstić information content (AvgIpc) is 2.57. The summed E-state index contributed by atoms with van der Waals surface area (Å²) < 4.78 is 27.3. The first-order valence-electron chi connectivity index (χ1n) is 7.58. The maximum absolute atomic E-state index is 12.6. The van der Waals surface area contributed by atoms with Gasteiger partial charge in [0.1, 0.15) is 0 Å².